The molecule has 1 saturated heterocycles. The van der Waals surface area contributed by atoms with Gasteiger partial charge in [-0.2, -0.15) is 0 Å². The Morgan fingerprint density at radius 2 is 2.00 bits per heavy atom. The Labute approximate surface area is 120 Å². The first-order chi connectivity index (χ1) is 9.54. The van der Waals surface area contributed by atoms with Gasteiger partial charge >= 0.3 is 0 Å². The largest absolute Gasteiger partial charge is 0.399 e. The van der Waals surface area contributed by atoms with E-state index in [-0.39, 0.29) is 5.91 Å². The molecule has 0 spiro atoms. The highest BCUT2D eigenvalue weighted by molar-refractivity contribution is 5.78. The Bertz CT molecular complexity index is 455. The van der Waals surface area contributed by atoms with Crippen LogP contribution in [-0.2, 0) is 11.3 Å². The second-order valence-electron chi connectivity index (χ2n) is 5.60. The summed E-state index contributed by atoms with van der Waals surface area (Å²) in [6, 6.07) is 7.81. The summed E-state index contributed by atoms with van der Waals surface area (Å²) in [5.41, 5.74) is 7.67. The number of piperazine rings is 1. The number of rotatable bonds is 4. The predicted octanol–water partition coefficient (Wildman–Crippen LogP) is 0.475. The fraction of sp³-hybridized carbons (Fsp3) is 0.533. The van der Waals surface area contributed by atoms with Gasteiger partial charge in [-0.25, -0.2) is 0 Å². The van der Waals surface area contributed by atoms with Crippen molar-refractivity contribution in [1.82, 2.24) is 14.7 Å². The molecular formula is C15H24N4O. The summed E-state index contributed by atoms with van der Waals surface area (Å²) in [5, 5.41) is 0. The molecule has 2 rings (SSSR count). The standard InChI is InChI=1S/C15H24N4O/c1-17-6-8-19(9-7-17)15(20)12-18(2)11-13-4-3-5-14(16)10-13/h3-5,10H,6-9,11-12,16H2,1-2H3. The van der Waals surface area contributed by atoms with Gasteiger partial charge in [-0.3, -0.25) is 9.69 Å². The third-order valence-corrected chi connectivity index (χ3v) is 3.66. The summed E-state index contributed by atoms with van der Waals surface area (Å²) in [6.45, 7) is 4.79. The van der Waals surface area contributed by atoms with Crippen LogP contribution in [0.2, 0.25) is 0 Å². The molecule has 0 radical (unpaired) electrons. The Hall–Kier alpha value is -1.59. The molecule has 110 valence electrons. The van der Waals surface area contributed by atoms with Crippen LogP contribution in [0.4, 0.5) is 5.69 Å². The minimum atomic E-state index is 0.213. The molecule has 5 heteroatoms. The van der Waals surface area contributed by atoms with Crippen molar-refractivity contribution in [3.63, 3.8) is 0 Å². The summed E-state index contributed by atoms with van der Waals surface area (Å²) in [5.74, 6) is 0.213. The highest BCUT2D eigenvalue weighted by atomic mass is 16.2. The van der Waals surface area contributed by atoms with Gasteiger partial charge in [0.25, 0.3) is 0 Å². The molecule has 5 nitrogen and oxygen atoms in total. The number of carbonyl (C=O) groups excluding carboxylic acids is 1. The SMILES string of the molecule is CN1CCN(C(=O)CN(C)Cc2cccc(N)c2)CC1. The lowest BCUT2D eigenvalue weighted by molar-refractivity contribution is -0.133. The first-order valence-corrected chi connectivity index (χ1v) is 7.04. The van der Waals surface area contributed by atoms with Crippen LogP contribution < -0.4 is 5.73 Å². The molecule has 0 aliphatic carbocycles. The van der Waals surface area contributed by atoms with Gasteiger partial charge in [0.05, 0.1) is 6.54 Å². The highest BCUT2D eigenvalue weighted by Crippen LogP contribution is 2.09. The maximum Gasteiger partial charge on any atom is 0.236 e. The zero-order chi connectivity index (χ0) is 14.5. The number of carbonyl (C=O) groups is 1. The first-order valence-electron chi connectivity index (χ1n) is 7.04. The van der Waals surface area contributed by atoms with Crippen LogP contribution in [-0.4, -0.2) is 67.4 Å². The fourth-order valence-corrected chi connectivity index (χ4v) is 2.45. The molecule has 1 heterocycles. The average Bonchev–Trinajstić information content (AvgIpc) is 2.39. The van der Waals surface area contributed by atoms with Crippen molar-refractivity contribution in [2.45, 2.75) is 6.54 Å². The van der Waals surface area contributed by atoms with Crippen molar-refractivity contribution >= 4 is 11.6 Å². The highest BCUT2D eigenvalue weighted by Gasteiger charge is 2.19. The van der Waals surface area contributed by atoms with Crippen LogP contribution in [0.15, 0.2) is 24.3 Å². The van der Waals surface area contributed by atoms with E-state index in [1.807, 2.05) is 41.1 Å². The van der Waals surface area contributed by atoms with Crippen molar-refractivity contribution in [2.75, 3.05) is 52.6 Å². The third-order valence-electron chi connectivity index (χ3n) is 3.66. The summed E-state index contributed by atoms with van der Waals surface area (Å²) >= 11 is 0. The molecule has 1 aliphatic rings. The average molecular weight is 276 g/mol. The summed E-state index contributed by atoms with van der Waals surface area (Å²) < 4.78 is 0. The lowest BCUT2D eigenvalue weighted by Gasteiger charge is -2.33. The zero-order valence-electron chi connectivity index (χ0n) is 12.4. The number of amides is 1. The van der Waals surface area contributed by atoms with E-state index in [1.165, 1.54) is 0 Å². The number of anilines is 1. The lowest BCUT2D eigenvalue weighted by atomic mass is 10.2. The van der Waals surface area contributed by atoms with Crippen LogP contribution in [0.25, 0.3) is 0 Å². The monoisotopic (exact) mass is 276 g/mol. The molecule has 0 saturated carbocycles. The summed E-state index contributed by atoms with van der Waals surface area (Å²) in [4.78, 5) is 18.5. The number of likely N-dealkylation sites (N-methyl/N-ethyl adjacent to an activating group) is 2. The molecule has 0 unspecified atom stereocenters. The van der Waals surface area contributed by atoms with Crippen LogP contribution in [0.3, 0.4) is 0 Å². The van der Waals surface area contributed by atoms with Crippen LogP contribution in [0.1, 0.15) is 5.56 Å². The molecule has 2 N–H and O–H groups in total. The van der Waals surface area contributed by atoms with E-state index in [9.17, 15) is 4.79 Å². The number of nitrogens with zero attached hydrogens (tertiary/aromatic N) is 3. The predicted molar refractivity (Wildman–Crippen MR) is 81.3 cm³/mol. The Kier molecular flexibility index (Phi) is 4.98. The quantitative estimate of drug-likeness (QED) is 0.813. The minimum absolute atomic E-state index is 0.213. The van der Waals surface area contributed by atoms with E-state index in [0.717, 1.165) is 44.0 Å². The van der Waals surface area contributed by atoms with Crippen molar-refractivity contribution < 1.29 is 4.79 Å². The smallest absolute Gasteiger partial charge is 0.236 e. The molecule has 1 fully saturated rings. The lowest BCUT2D eigenvalue weighted by Crippen LogP contribution is -2.49. The third kappa shape index (κ3) is 4.21. The molecule has 0 atom stereocenters. The molecular weight excluding hydrogens is 252 g/mol. The van der Waals surface area contributed by atoms with Crippen LogP contribution in [0.5, 0.6) is 0 Å². The molecule has 1 aromatic rings. The van der Waals surface area contributed by atoms with E-state index in [0.29, 0.717) is 6.54 Å². The van der Waals surface area contributed by atoms with E-state index >= 15 is 0 Å². The molecule has 1 aromatic carbocycles. The Balaban J connectivity index is 1.82. The second kappa shape index (κ2) is 6.72. The first kappa shape index (κ1) is 14.8. The topological polar surface area (TPSA) is 52.8 Å². The van der Waals surface area contributed by atoms with Gasteiger partial charge in [0.1, 0.15) is 0 Å². The molecule has 0 bridgehead atoms. The van der Waals surface area contributed by atoms with Gasteiger partial charge in [-0.15, -0.1) is 0 Å². The number of hydrogen-bond donors (Lipinski definition) is 1. The molecule has 1 aliphatic heterocycles. The van der Waals surface area contributed by atoms with Crippen LogP contribution >= 0.6 is 0 Å². The minimum Gasteiger partial charge on any atom is -0.399 e. The Morgan fingerprint density at radius 3 is 2.65 bits per heavy atom. The molecule has 20 heavy (non-hydrogen) atoms. The maximum absolute atomic E-state index is 12.2. The van der Waals surface area contributed by atoms with Gasteiger partial charge < -0.3 is 15.5 Å². The van der Waals surface area contributed by atoms with E-state index in [1.54, 1.807) is 0 Å². The van der Waals surface area contributed by atoms with Gasteiger partial charge in [0, 0.05) is 38.4 Å². The van der Waals surface area contributed by atoms with E-state index < -0.39 is 0 Å². The van der Waals surface area contributed by atoms with Gasteiger partial charge in [0.15, 0.2) is 0 Å². The molecule has 1 amide bonds. The van der Waals surface area contributed by atoms with Crippen LogP contribution in [0, 0.1) is 0 Å². The number of hydrogen-bond acceptors (Lipinski definition) is 4. The second-order valence-corrected chi connectivity index (χ2v) is 5.60. The van der Waals surface area contributed by atoms with Crippen molar-refractivity contribution in [3.8, 4) is 0 Å². The summed E-state index contributed by atoms with van der Waals surface area (Å²) in [7, 11) is 4.06. The number of benzene rings is 1. The van der Waals surface area contributed by atoms with Crippen molar-refractivity contribution in [1.29, 1.82) is 0 Å². The van der Waals surface area contributed by atoms with Gasteiger partial charge in [-0.05, 0) is 31.8 Å². The zero-order valence-corrected chi connectivity index (χ0v) is 12.4. The van der Waals surface area contributed by atoms with Gasteiger partial charge in [-0.1, -0.05) is 12.1 Å². The van der Waals surface area contributed by atoms with E-state index in [4.69, 9.17) is 5.73 Å². The van der Waals surface area contributed by atoms with Crippen molar-refractivity contribution in [2.24, 2.45) is 0 Å². The summed E-state index contributed by atoms with van der Waals surface area (Å²) in [6.07, 6.45) is 0. The molecule has 0 aromatic heterocycles. The van der Waals surface area contributed by atoms with Crippen molar-refractivity contribution in [3.05, 3.63) is 29.8 Å². The van der Waals surface area contributed by atoms with Gasteiger partial charge in [0.2, 0.25) is 5.91 Å². The maximum atomic E-state index is 12.2. The number of nitrogen functional groups attached to an aromatic ring is 1. The van der Waals surface area contributed by atoms with E-state index in [2.05, 4.69) is 11.9 Å². The Morgan fingerprint density at radius 1 is 1.30 bits per heavy atom. The number of nitrogens with two attached hydrogens (primary N) is 1. The fourth-order valence-electron chi connectivity index (χ4n) is 2.45. The normalized spacial score (nSPS) is 16.6.